The number of nitrogens with zero attached hydrogens (tertiary/aromatic N) is 2. The van der Waals surface area contributed by atoms with Crippen LogP contribution in [0.3, 0.4) is 0 Å². The molecule has 0 unspecified atom stereocenters. The fraction of sp³-hybridized carbons (Fsp3) is 0.353. The molecule has 1 atom stereocenters. The van der Waals surface area contributed by atoms with Crippen LogP contribution in [-0.2, 0) is 6.54 Å². The largest absolute Gasteiger partial charge is 0.457 e. The number of rotatable bonds is 3. The van der Waals surface area contributed by atoms with E-state index in [0.717, 1.165) is 48.2 Å². The van der Waals surface area contributed by atoms with Gasteiger partial charge < -0.3 is 9.73 Å². The Labute approximate surface area is 133 Å². The minimum Gasteiger partial charge on any atom is -0.457 e. The minimum absolute atomic E-state index is 0.549. The van der Waals surface area contributed by atoms with Crippen LogP contribution >= 0.6 is 11.3 Å². The van der Waals surface area contributed by atoms with Gasteiger partial charge in [0.25, 0.3) is 0 Å². The lowest BCUT2D eigenvalue weighted by Gasteiger charge is -2.31. The van der Waals surface area contributed by atoms with E-state index in [4.69, 9.17) is 4.42 Å². The highest BCUT2D eigenvalue weighted by molar-refractivity contribution is 7.21. The fourth-order valence-corrected chi connectivity index (χ4v) is 3.86. The molecule has 0 bridgehead atoms. The van der Waals surface area contributed by atoms with Crippen LogP contribution < -0.4 is 5.32 Å². The highest BCUT2D eigenvalue weighted by Gasteiger charge is 2.17. The van der Waals surface area contributed by atoms with Gasteiger partial charge in [0.2, 0.25) is 0 Å². The number of piperazine rings is 1. The van der Waals surface area contributed by atoms with Gasteiger partial charge in [0.05, 0.1) is 16.8 Å². The first kappa shape index (κ1) is 13.9. The maximum atomic E-state index is 6.02. The van der Waals surface area contributed by atoms with Gasteiger partial charge in [0.1, 0.15) is 5.76 Å². The van der Waals surface area contributed by atoms with Gasteiger partial charge >= 0.3 is 0 Å². The van der Waals surface area contributed by atoms with E-state index in [9.17, 15) is 0 Å². The summed E-state index contributed by atoms with van der Waals surface area (Å²) in [6, 6.07) is 12.9. The molecule has 0 amide bonds. The summed E-state index contributed by atoms with van der Waals surface area (Å²) in [5.41, 5.74) is 1.04. The highest BCUT2D eigenvalue weighted by atomic mass is 32.1. The molecule has 114 valence electrons. The van der Waals surface area contributed by atoms with Crippen LogP contribution in [0, 0.1) is 0 Å². The van der Waals surface area contributed by atoms with Crippen molar-refractivity contribution in [2.75, 3.05) is 19.6 Å². The Hall–Kier alpha value is -1.69. The van der Waals surface area contributed by atoms with E-state index in [0.29, 0.717) is 6.04 Å². The highest BCUT2D eigenvalue weighted by Crippen LogP contribution is 2.31. The monoisotopic (exact) mass is 313 g/mol. The summed E-state index contributed by atoms with van der Waals surface area (Å²) in [6.45, 7) is 6.28. The number of aromatic nitrogens is 1. The molecular formula is C17H19N3OS. The lowest BCUT2D eigenvalue weighted by molar-refractivity contribution is 0.187. The summed E-state index contributed by atoms with van der Waals surface area (Å²) < 4.78 is 7.22. The first-order valence-corrected chi connectivity index (χ1v) is 8.50. The molecule has 3 heterocycles. The summed E-state index contributed by atoms with van der Waals surface area (Å²) in [7, 11) is 0. The second kappa shape index (κ2) is 5.83. The molecule has 0 saturated carbocycles. The van der Waals surface area contributed by atoms with Crippen LogP contribution in [-0.4, -0.2) is 35.6 Å². The van der Waals surface area contributed by atoms with Gasteiger partial charge in [-0.05, 0) is 31.2 Å². The van der Waals surface area contributed by atoms with Crippen molar-refractivity contribution in [3.63, 3.8) is 0 Å². The van der Waals surface area contributed by atoms with Crippen molar-refractivity contribution in [1.29, 1.82) is 0 Å². The molecular weight excluding hydrogens is 294 g/mol. The summed E-state index contributed by atoms with van der Waals surface area (Å²) in [5.74, 6) is 1.89. The number of thiazole rings is 1. The second-order valence-electron chi connectivity index (χ2n) is 5.84. The van der Waals surface area contributed by atoms with Crippen molar-refractivity contribution in [2.24, 2.45) is 0 Å². The average Bonchev–Trinajstić information content (AvgIpc) is 3.13. The lowest BCUT2D eigenvalue weighted by Crippen LogP contribution is -2.48. The van der Waals surface area contributed by atoms with Gasteiger partial charge in [-0.2, -0.15) is 0 Å². The van der Waals surface area contributed by atoms with Gasteiger partial charge in [0, 0.05) is 25.7 Å². The van der Waals surface area contributed by atoms with Crippen LogP contribution in [0.15, 0.2) is 40.8 Å². The van der Waals surface area contributed by atoms with E-state index in [-0.39, 0.29) is 0 Å². The Morgan fingerprint density at radius 3 is 3.09 bits per heavy atom. The van der Waals surface area contributed by atoms with Crippen molar-refractivity contribution >= 4 is 21.6 Å². The fourth-order valence-electron chi connectivity index (χ4n) is 2.93. The molecule has 0 radical (unpaired) electrons. The lowest BCUT2D eigenvalue weighted by atomic mass is 10.2. The van der Waals surface area contributed by atoms with Gasteiger partial charge in [-0.3, -0.25) is 4.90 Å². The van der Waals surface area contributed by atoms with Crippen LogP contribution in [0.1, 0.15) is 12.7 Å². The van der Waals surface area contributed by atoms with E-state index < -0.39 is 0 Å². The van der Waals surface area contributed by atoms with Gasteiger partial charge in [-0.25, -0.2) is 4.98 Å². The molecule has 1 N–H and O–H groups in total. The van der Waals surface area contributed by atoms with E-state index in [1.807, 2.05) is 24.3 Å². The Balaban J connectivity index is 1.53. The normalized spacial score (nSPS) is 19.8. The molecule has 0 aliphatic carbocycles. The number of nitrogens with one attached hydrogen (secondary N) is 1. The number of furan rings is 1. The van der Waals surface area contributed by atoms with Crippen molar-refractivity contribution in [3.05, 3.63) is 42.2 Å². The zero-order chi connectivity index (χ0) is 14.9. The van der Waals surface area contributed by atoms with E-state index >= 15 is 0 Å². The zero-order valence-electron chi connectivity index (χ0n) is 12.6. The van der Waals surface area contributed by atoms with Crippen LogP contribution in [0.5, 0.6) is 0 Å². The molecule has 3 aromatic rings. The van der Waals surface area contributed by atoms with E-state index in [2.05, 4.69) is 34.3 Å². The van der Waals surface area contributed by atoms with Gasteiger partial charge in [0.15, 0.2) is 10.8 Å². The number of para-hydroxylation sites is 1. The first-order chi connectivity index (χ1) is 10.8. The average molecular weight is 313 g/mol. The predicted octanol–water partition coefficient (Wildman–Crippen LogP) is 3.35. The quantitative estimate of drug-likeness (QED) is 0.805. The maximum Gasteiger partial charge on any atom is 0.163 e. The molecule has 1 aromatic carbocycles. The summed E-state index contributed by atoms with van der Waals surface area (Å²) >= 11 is 1.68. The number of fused-ring (bicyclic) bond motifs is 1. The van der Waals surface area contributed by atoms with Crippen molar-refractivity contribution in [1.82, 2.24) is 15.2 Å². The number of benzene rings is 1. The third-order valence-electron chi connectivity index (χ3n) is 4.00. The molecule has 4 nitrogen and oxygen atoms in total. The summed E-state index contributed by atoms with van der Waals surface area (Å²) in [6.07, 6.45) is 0. The molecule has 1 fully saturated rings. The predicted molar refractivity (Wildman–Crippen MR) is 90.1 cm³/mol. The SMILES string of the molecule is C[C@@H]1CN(Cc2ccc(-c3nc4ccccc4s3)o2)CCN1. The van der Waals surface area contributed by atoms with Crippen molar-refractivity contribution in [3.8, 4) is 10.8 Å². The maximum absolute atomic E-state index is 6.02. The molecule has 1 aliphatic heterocycles. The minimum atomic E-state index is 0.549. The molecule has 2 aromatic heterocycles. The van der Waals surface area contributed by atoms with Crippen LogP contribution in [0.2, 0.25) is 0 Å². The molecule has 0 spiro atoms. The van der Waals surface area contributed by atoms with Crippen LogP contribution in [0.25, 0.3) is 21.0 Å². The molecule has 5 heteroatoms. The Morgan fingerprint density at radius 1 is 1.32 bits per heavy atom. The van der Waals surface area contributed by atoms with Gasteiger partial charge in [-0.15, -0.1) is 11.3 Å². The number of hydrogen-bond acceptors (Lipinski definition) is 5. The Morgan fingerprint density at radius 2 is 2.23 bits per heavy atom. The topological polar surface area (TPSA) is 41.3 Å². The second-order valence-corrected chi connectivity index (χ2v) is 6.87. The van der Waals surface area contributed by atoms with Crippen LogP contribution in [0.4, 0.5) is 0 Å². The molecule has 1 saturated heterocycles. The standard InChI is InChI=1S/C17H19N3OS/c1-12-10-20(9-8-18-12)11-13-6-7-15(21-13)17-19-14-4-2-3-5-16(14)22-17/h2-7,12,18H,8-11H2,1H3/t12-/m1/s1. The first-order valence-electron chi connectivity index (χ1n) is 7.68. The Kier molecular flexibility index (Phi) is 3.70. The zero-order valence-corrected chi connectivity index (χ0v) is 13.4. The Bertz CT molecular complexity index is 746. The van der Waals surface area contributed by atoms with E-state index in [1.165, 1.54) is 4.70 Å². The van der Waals surface area contributed by atoms with Gasteiger partial charge in [-0.1, -0.05) is 12.1 Å². The molecule has 22 heavy (non-hydrogen) atoms. The third-order valence-corrected chi connectivity index (χ3v) is 5.05. The molecule has 1 aliphatic rings. The summed E-state index contributed by atoms with van der Waals surface area (Å²) in [4.78, 5) is 7.09. The third kappa shape index (κ3) is 2.79. The molecule has 4 rings (SSSR count). The van der Waals surface area contributed by atoms with Crippen molar-refractivity contribution in [2.45, 2.75) is 19.5 Å². The summed E-state index contributed by atoms with van der Waals surface area (Å²) in [5, 5.41) is 4.42. The van der Waals surface area contributed by atoms with Crippen molar-refractivity contribution < 1.29 is 4.42 Å². The smallest absolute Gasteiger partial charge is 0.163 e. The van der Waals surface area contributed by atoms with E-state index in [1.54, 1.807) is 11.3 Å². The number of hydrogen-bond donors (Lipinski definition) is 1.